The number of piperidine rings is 1. The lowest BCUT2D eigenvalue weighted by atomic mass is 10.1. The van der Waals surface area contributed by atoms with Gasteiger partial charge in [-0.2, -0.15) is 4.31 Å². The summed E-state index contributed by atoms with van der Waals surface area (Å²) in [7, 11) is -3.66. The number of sulfonamides is 1. The van der Waals surface area contributed by atoms with E-state index in [1.165, 1.54) is 10.5 Å². The Hall–Kier alpha value is -2.58. The molecule has 2 aromatic heterocycles. The van der Waals surface area contributed by atoms with Crippen LogP contribution in [-0.2, 0) is 10.0 Å². The molecule has 1 atom stereocenters. The second-order valence-corrected chi connectivity index (χ2v) is 8.03. The van der Waals surface area contributed by atoms with Crippen molar-refractivity contribution < 1.29 is 13.2 Å². The van der Waals surface area contributed by atoms with E-state index in [0.29, 0.717) is 17.9 Å². The zero-order valence-corrected chi connectivity index (χ0v) is 14.8. The van der Waals surface area contributed by atoms with Crippen LogP contribution in [-0.4, -0.2) is 46.9 Å². The van der Waals surface area contributed by atoms with Crippen LogP contribution in [0.3, 0.4) is 0 Å². The molecular formula is C18H18N4O3S. The first kappa shape index (κ1) is 16.9. The van der Waals surface area contributed by atoms with Gasteiger partial charge in [0.1, 0.15) is 11.0 Å². The summed E-state index contributed by atoms with van der Waals surface area (Å²) >= 11 is 0. The van der Waals surface area contributed by atoms with Crippen LogP contribution in [0.1, 0.15) is 12.8 Å². The molecule has 1 fully saturated rings. The molecule has 3 aromatic rings. The molecule has 0 N–H and O–H groups in total. The molecule has 1 aliphatic heterocycles. The van der Waals surface area contributed by atoms with Gasteiger partial charge < -0.3 is 4.74 Å². The maximum absolute atomic E-state index is 13.2. The van der Waals surface area contributed by atoms with E-state index in [4.69, 9.17) is 4.74 Å². The molecular weight excluding hydrogens is 352 g/mol. The van der Waals surface area contributed by atoms with Crippen molar-refractivity contribution in [2.24, 2.45) is 0 Å². The van der Waals surface area contributed by atoms with Crippen molar-refractivity contribution in [1.82, 2.24) is 19.3 Å². The van der Waals surface area contributed by atoms with Crippen LogP contribution in [0.2, 0.25) is 0 Å². The number of fused-ring (bicyclic) bond motifs is 1. The Bertz CT molecular complexity index is 1010. The van der Waals surface area contributed by atoms with E-state index in [1.54, 1.807) is 36.8 Å². The Kier molecular flexibility index (Phi) is 4.52. The molecule has 0 bridgehead atoms. The Morgan fingerprint density at radius 2 is 1.96 bits per heavy atom. The number of rotatable bonds is 4. The van der Waals surface area contributed by atoms with Crippen molar-refractivity contribution in [2.75, 3.05) is 13.1 Å². The highest BCUT2D eigenvalue weighted by Crippen LogP contribution is 2.27. The van der Waals surface area contributed by atoms with Crippen LogP contribution >= 0.6 is 0 Å². The third kappa shape index (κ3) is 3.25. The molecule has 0 amide bonds. The molecule has 7 nitrogen and oxygen atoms in total. The first-order valence-corrected chi connectivity index (χ1v) is 9.85. The molecule has 0 saturated carbocycles. The Morgan fingerprint density at radius 1 is 1.08 bits per heavy atom. The van der Waals surface area contributed by atoms with Gasteiger partial charge in [-0.05, 0) is 25.0 Å². The third-order valence-corrected chi connectivity index (χ3v) is 6.28. The predicted molar refractivity (Wildman–Crippen MR) is 96.2 cm³/mol. The largest absolute Gasteiger partial charge is 0.472 e. The molecule has 4 rings (SSSR count). The van der Waals surface area contributed by atoms with Gasteiger partial charge in [0.15, 0.2) is 0 Å². The molecule has 0 spiro atoms. The van der Waals surface area contributed by atoms with Crippen molar-refractivity contribution in [3.05, 3.63) is 55.1 Å². The number of aromatic nitrogens is 3. The molecule has 26 heavy (non-hydrogen) atoms. The van der Waals surface area contributed by atoms with Gasteiger partial charge in [0.2, 0.25) is 15.9 Å². The molecule has 0 unspecified atom stereocenters. The van der Waals surface area contributed by atoms with Crippen LogP contribution < -0.4 is 4.74 Å². The van der Waals surface area contributed by atoms with Crippen molar-refractivity contribution in [1.29, 1.82) is 0 Å². The summed E-state index contributed by atoms with van der Waals surface area (Å²) < 4.78 is 33.7. The van der Waals surface area contributed by atoms with Gasteiger partial charge in [-0.15, -0.1) is 0 Å². The fourth-order valence-electron chi connectivity index (χ4n) is 3.16. The minimum atomic E-state index is -3.66. The molecule has 1 saturated heterocycles. The zero-order valence-electron chi connectivity index (χ0n) is 14.0. The lowest BCUT2D eigenvalue weighted by Crippen LogP contribution is -2.44. The first-order valence-electron chi connectivity index (χ1n) is 8.41. The number of para-hydroxylation sites is 1. The van der Waals surface area contributed by atoms with E-state index < -0.39 is 10.0 Å². The Balaban J connectivity index is 1.61. The van der Waals surface area contributed by atoms with Crippen LogP contribution in [0.25, 0.3) is 10.9 Å². The normalized spacial score (nSPS) is 18.7. The van der Waals surface area contributed by atoms with Crippen molar-refractivity contribution in [2.45, 2.75) is 23.8 Å². The Labute approximate surface area is 151 Å². The predicted octanol–water partition coefficient (Wildman–Crippen LogP) is 2.26. The first-order chi connectivity index (χ1) is 12.6. The molecule has 3 heterocycles. The van der Waals surface area contributed by atoms with Gasteiger partial charge in [0, 0.05) is 30.5 Å². The highest BCUT2D eigenvalue weighted by molar-refractivity contribution is 7.89. The number of nitrogens with zero attached hydrogens (tertiary/aromatic N) is 4. The van der Waals surface area contributed by atoms with Crippen molar-refractivity contribution in [3.63, 3.8) is 0 Å². The summed E-state index contributed by atoms with van der Waals surface area (Å²) in [4.78, 5) is 12.6. The average Bonchev–Trinajstić information content (AvgIpc) is 2.68. The number of hydrogen-bond acceptors (Lipinski definition) is 6. The van der Waals surface area contributed by atoms with Gasteiger partial charge >= 0.3 is 0 Å². The molecule has 0 aliphatic carbocycles. The minimum Gasteiger partial charge on any atom is -0.472 e. The molecule has 8 heteroatoms. The summed E-state index contributed by atoms with van der Waals surface area (Å²) in [5.41, 5.74) is 0.493. The fraction of sp³-hybridized carbons (Fsp3) is 0.278. The monoisotopic (exact) mass is 370 g/mol. The lowest BCUT2D eigenvalue weighted by molar-refractivity contribution is 0.124. The fourth-order valence-corrected chi connectivity index (χ4v) is 4.84. The smallest absolute Gasteiger partial charge is 0.245 e. The zero-order chi connectivity index (χ0) is 18.0. The molecule has 1 aliphatic rings. The summed E-state index contributed by atoms with van der Waals surface area (Å²) in [6, 6.07) is 8.87. The lowest BCUT2D eigenvalue weighted by Gasteiger charge is -2.31. The maximum Gasteiger partial charge on any atom is 0.245 e. The maximum atomic E-state index is 13.2. The van der Waals surface area contributed by atoms with E-state index >= 15 is 0 Å². The van der Waals surface area contributed by atoms with Gasteiger partial charge in [0.05, 0.1) is 18.3 Å². The van der Waals surface area contributed by atoms with Crippen LogP contribution in [0.15, 0.2) is 60.0 Å². The number of ether oxygens (including phenoxy) is 1. The van der Waals surface area contributed by atoms with Gasteiger partial charge in [-0.25, -0.2) is 13.4 Å². The Morgan fingerprint density at radius 3 is 2.81 bits per heavy atom. The van der Waals surface area contributed by atoms with E-state index in [9.17, 15) is 8.42 Å². The second kappa shape index (κ2) is 6.97. The summed E-state index contributed by atoms with van der Waals surface area (Å²) in [5, 5.41) is 0.804. The summed E-state index contributed by atoms with van der Waals surface area (Å²) in [6.07, 6.45) is 7.50. The van der Waals surface area contributed by atoms with Gasteiger partial charge in [-0.1, -0.05) is 18.2 Å². The molecule has 1 aromatic carbocycles. The number of pyridine rings is 1. The summed E-state index contributed by atoms with van der Waals surface area (Å²) in [5.74, 6) is 0.406. The van der Waals surface area contributed by atoms with E-state index in [1.807, 2.05) is 12.1 Å². The number of hydrogen-bond donors (Lipinski definition) is 0. The van der Waals surface area contributed by atoms with Crippen LogP contribution in [0.4, 0.5) is 0 Å². The topological polar surface area (TPSA) is 85.3 Å². The van der Waals surface area contributed by atoms with Gasteiger partial charge in [-0.3, -0.25) is 9.97 Å². The molecule has 0 radical (unpaired) electrons. The quantitative estimate of drug-likeness (QED) is 0.700. The molecule has 134 valence electrons. The van der Waals surface area contributed by atoms with E-state index in [-0.39, 0.29) is 17.5 Å². The average molecular weight is 370 g/mol. The third-order valence-electron chi connectivity index (χ3n) is 4.38. The number of benzene rings is 1. The van der Waals surface area contributed by atoms with Crippen molar-refractivity contribution >= 4 is 20.9 Å². The van der Waals surface area contributed by atoms with Gasteiger partial charge in [0.25, 0.3) is 0 Å². The van der Waals surface area contributed by atoms with E-state index in [0.717, 1.165) is 18.2 Å². The SMILES string of the molecule is O=S(=O)(c1cccc2cccnc12)N1CCC[C@H](Oc2cnccn2)C1. The van der Waals surface area contributed by atoms with Crippen molar-refractivity contribution in [3.8, 4) is 5.88 Å². The highest BCUT2D eigenvalue weighted by atomic mass is 32.2. The van der Waals surface area contributed by atoms with E-state index in [2.05, 4.69) is 15.0 Å². The minimum absolute atomic E-state index is 0.232. The van der Waals surface area contributed by atoms with Crippen LogP contribution in [0.5, 0.6) is 5.88 Å². The summed E-state index contributed by atoms with van der Waals surface area (Å²) in [6.45, 7) is 0.744. The second-order valence-electron chi connectivity index (χ2n) is 6.12. The standard InChI is InChI=1S/C18H18N4O3S/c23-26(24,16-7-1-4-14-5-2-8-21-18(14)16)22-11-3-6-15(13-22)25-17-12-19-9-10-20-17/h1-2,4-5,7-10,12,15H,3,6,11,13H2/t15-/m0/s1. The highest BCUT2D eigenvalue weighted by Gasteiger charge is 2.32. The van der Waals surface area contributed by atoms with Crippen LogP contribution in [0, 0.1) is 0 Å².